The molecule has 1 aromatic carbocycles. The van der Waals surface area contributed by atoms with Crippen LogP contribution in [0.5, 0.6) is 5.75 Å². The number of rotatable bonds is 6. The molecule has 2 heterocycles. The van der Waals surface area contributed by atoms with Crippen LogP contribution in [0.1, 0.15) is 11.4 Å². The summed E-state index contributed by atoms with van der Waals surface area (Å²) < 4.78 is 19.6. The zero-order chi connectivity index (χ0) is 15.4. The number of nitriles is 1. The van der Waals surface area contributed by atoms with Gasteiger partial charge in [0.25, 0.3) is 0 Å². The minimum absolute atomic E-state index is 0.169. The molecule has 3 rings (SSSR count). The van der Waals surface area contributed by atoms with Crippen LogP contribution in [0.15, 0.2) is 30.7 Å². The van der Waals surface area contributed by atoms with Gasteiger partial charge >= 0.3 is 0 Å². The first kappa shape index (κ1) is 14.1. The van der Waals surface area contributed by atoms with Crippen LogP contribution in [0.4, 0.5) is 4.39 Å². The molecule has 0 aliphatic heterocycles. The van der Waals surface area contributed by atoms with Gasteiger partial charge < -0.3 is 9.72 Å². The van der Waals surface area contributed by atoms with E-state index in [0.717, 1.165) is 16.5 Å². The summed E-state index contributed by atoms with van der Waals surface area (Å²) in [5.74, 6) is 1.24. The van der Waals surface area contributed by atoms with Crippen molar-refractivity contribution >= 4 is 10.9 Å². The predicted octanol–water partition coefficient (Wildman–Crippen LogP) is 2.37. The molecule has 7 heteroatoms. The monoisotopic (exact) mass is 299 g/mol. The van der Waals surface area contributed by atoms with Crippen molar-refractivity contribution in [3.8, 4) is 11.8 Å². The molecule has 0 radical (unpaired) electrons. The molecule has 0 bridgehead atoms. The number of aromatic amines is 1. The molecule has 112 valence electrons. The molecule has 0 saturated heterocycles. The number of nitrogens with one attached hydrogen (secondary N) is 1. The normalized spacial score (nSPS) is 10.7. The highest BCUT2D eigenvalue weighted by atomic mass is 19.1. The van der Waals surface area contributed by atoms with Crippen molar-refractivity contribution in [2.24, 2.45) is 0 Å². The van der Waals surface area contributed by atoms with E-state index in [1.807, 2.05) is 24.4 Å². The molecule has 0 aliphatic rings. The van der Waals surface area contributed by atoms with Crippen molar-refractivity contribution in [1.82, 2.24) is 19.7 Å². The largest absolute Gasteiger partial charge is 0.486 e. The summed E-state index contributed by atoms with van der Waals surface area (Å²) in [5.41, 5.74) is 1.89. The summed E-state index contributed by atoms with van der Waals surface area (Å²) in [7, 11) is 0. The van der Waals surface area contributed by atoms with Gasteiger partial charge in [0.2, 0.25) is 0 Å². The molecule has 22 heavy (non-hydrogen) atoms. The van der Waals surface area contributed by atoms with Crippen LogP contribution in [-0.4, -0.2) is 26.4 Å². The highest BCUT2D eigenvalue weighted by Crippen LogP contribution is 2.24. The Hall–Kier alpha value is -2.88. The highest BCUT2D eigenvalue weighted by Gasteiger charge is 2.08. The Balaban J connectivity index is 1.77. The van der Waals surface area contributed by atoms with E-state index in [1.54, 1.807) is 0 Å². The molecule has 0 aliphatic carbocycles. The van der Waals surface area contributed by atoms with Gasteiger partial charge in [0.1, 0.15) is 25.4 Å². The summed E-state index contributed by atoms with van der Waals surface area (Å²) in [4.78, 5) is 7.18. The van der Waals surface area contributed by atoms with Crippen molar-refractivity contribution < 1.29 is 9.13 Å². The van der Waals surface area contributed by atoms with E-state index >= 15 is 0 Å². The van der Waals surface area contributed by atoms with E-state index in [-0.39, 0.29) is 13.2 Å². The van der Waals surface area contributed by atoms with Crippen molar-refractivity contribution in [3.05, 3.63) is 42.1 Å². The Morgan fingerprint density at radius 2 is 2.32 bits per heavy atom. The number of H-pyrrole nitrogens is 1. The summed E-state index contributed by atoms with van der Waals surface area (Å²) in [6.45, 7) is -0.117. The lowest BCUT2D eigenvalue weighted by molar-refractivity contribution is 0.283. The maximum atomic E-state index is 12.4. The molecule has 6 nitrogen and oxygen atoms in total. The van der Waals surface area contributed by atoms with Gasteiger partial charge in [0.05, 0.1) is 19.0 Å². The minimum atomic E-state index is -0.497. The number of nitrogens with zero attached hydrogens (tertiary/aromatic N) is 4. The lowest BCUT2D eigenvalue weighted by Crippen LogP contribution is -2.09. The molecule has 2 aromatic heterocycles. The number of ether oxygens (including phenoxy) is 1. The second-order valence-electron chi connectivity index (χ2n) is 4.73. The topological polar surface area (TPSA) is 79.5 Å². The van der Waals surface area contributed by atoms with Crippen LogP contribution in [0.2, 0.25) is 0 Å². The fourth-order valence-electron chi connectivity index (χ4n) is 2.29. The van der Waals surface area contributed by atoms with Gasteiger partial charge in [0, 0.05) is 17.1 Å². The zero-order valence-corrected chi connectivity index (χ0v) is 11.8. The Morgan fingerprint density at radius 3 is 3.14 bits per heavy atom. The van der Waals surface area contributed by atoms with Crippen LogP contribution in [-0.2, 0) is 19.6 Å². The van der Waals surface area contributed by atoms with E-state index < -0.39 is 6.67 Å². The lowest BCUT2D eigenvalue weighted by atomic mass is 10.1. The third-order valence-corrected chi connectivity index (χ3v) is 3.37. The number of aryl methyl sites for hydroxylation is 1. The van der Waals surface area contributed by atoms with Gasteiger partial charge in [-0.05, 0) is 23.8 Å². The van der Waals surface area contributed by atoms with Crippen LogP contribution in [0.3, 0.4) is 0 Å². The van der Waals surface area contributed by atoms with Crippen LogP contribution < -0.4 is 4.74 Å². The van der Waals surface area contributed by atoms with Crippen LogP contribution in [0, 0.1) is 11.3 Å². The SMILES string of the molecule is N#CCc1c[nH]c2ccc(OCc3ncnn3CCF)cc12. The first-order valence-electron chi connectivity index (χ1n) is 6.84. The maximum absolute atomic E-state index is 12.4. The number of aromatic nitrogens is 4. The van der Waals surface area contributed by atoms with Gasteiger partial charge in [-0.25, -0.2) is 14.1 Å². The number of fused-ring (bicyclic) bond motifs is 1. The maximum Gasteiger partial charge on any atom is 0.164 e. The van der Waals surface area contributed by atoms with Gasteiger partial charge in [-0.15, -0.1) is 0 Å². The van der Waals surface area contributed by atoms with Crippen molar-refractivity contribution in [3.63, 3.8) is 0 Å². The van der Waals surface area contributed by atoms with E-state index in [0.29, 0.717) is 18.0 Å². The van der Waals surface area contributed by atoms with Gasteiger partial charge in [-0.3, -0.25) is 0 Å². The van der Waals surface area contributed by atoms with Crippen molar-refractivity contribution in [1.29, 1.82) is 5.26 Å². The number of alkyl halides is 1. The number of halogens is 1. The van der Waals surface area contributed by atoms with E-state index in [9.17, 15) is 4.39 Å². The Labute approximate surface area is 126 Å². The fraction of sp³-hybridized carbons (Fsp3) is 0.267. The molecular weight excluding hydrogens is 285 g/mol. The van der Waals surface area contributed by atoms with Gasteiger partial charge in [-0.2, -0.15) is 10.4 Å². The molecule has 0 amide bonds. The Kier molecular flexibility index (Phi) is 4.01. The summed E-state index contributed by atoms with van der Waals surface area (Å²) in [5, 5.41) is 13.7. The van der Waals surface area contributed by atoms with Crippen LogP contribution in [0.25, 0.3) is 10.9 Å². The third-order valence-electron chi connectivity index (χ3n) is 3.37. The first-order valence-corrected chi connectivity index (χ1v) is 6.84. The smallest absolute Gasteiger partial charge is 0.164 e. The molecule has 0 unspecified atom stereocenters. The molecule has 0 fully saturated rings. The van der Waals surface area contributed by atoms with Gasteiger partial charge in [0.15, 0.2) is 5.82 Å². The summed E-state index contributed by atoms with van der Waals surface area (Å²) >= 11 is 0. The average Bonchev–Trinajstić information content (AvgIpc) is 3.13. The molecule has 0 atom stereocenters. The molecule has 0 saturated carbocycles. The Morgan fingerprint density at radius 1 is 1.41 bits per heavy atom. The lowest BCUT2D eigenvalue weighted by Gasteiger charge is -2.07. The molecule has 1 N–H and O–H groups in total. The van der Waals surface area contributed by atoms with Crippen LogP contribution >= 0.6 is 0 Å². The predicted molar refractivity (Wildman–Crippen MR) is 77.9 cm³/mol. The fourth-order valence-corrected chi connectivity index (χ4v) is 2.29. The standard InChI is InChI=1S/C15H14FN5O/c16-4-6-21-15(19-10-20-21)9-22-12-1-2-14-13(7-12)11(3-5-17)8-18-14/h1-2,7-8,10,18H,3-4,6,9H2. The minimum Gasteiger partial charge on any atom is -0.486 e. The molecule has 0 spiro atoms. The number of benzene rings is 1. The Bertz CT molecular complexity index is 817. The molecule has 3 aromatic rings. The van der Waals surface area contributed by atoms with Crippen molar-refractivity contribution in [2.75, 3.05) is 6.67 Å². The third kappa shape index (κ3) is 2.76. The summed E-state index contributed by atoms with van der Waals surface area (Å²) in [6, 6.07) is 7.76. The second kappa shape index (κ2) is 6.26. The summed E-state index contributed by atoms with van der Waals surface area (Å²) in [6.07, 6.45) is 3.55. The number of hydrogen-bond donors (Lipinski definition) is 1. The van der Waals surface area contributed by atoms with E-state index in [4.69, 9.17) is 10.00 Å². The quantitative estimate of drug-likeness (QED) is 0.758. The van der Waals surface area contributed by atoms with Crippen molar-refractivity contribution in [2.45, 2.75) is 19.6 Å². The first-order chi connectivity index (χ1) is 10.8. The highest BCUT2D eigenvalue weighted by molar-refractivity contribution is 5.84. The van der Waals surface area contributed by atoms with Gasteiger partial charge in [-0.1, -0.05) is 0 Å². The average molecular weight is 299 g/mol. The zero-order valence-electron chi connectivity index (χ0n) is 11.8. The number of hydrogen-bond acceptors (Lipinski definition) is 4. The second-order valence-corrected chi connectivity index (χ2v) is 4.73. The molecular formula is C15H14FN5O. The van der Waals surface area contributed by atoms with E-state index in [1.165, 1.54) is 11.0 Å². The van der Waals surface area contributed by atoms with E-state index in [2.05, 4.69) is 21.1 Å².